The Bertz CT molecular complexity index is 589. The summed E-state index contributed by atoms with van der Waals surface area (Å²) in [5.41, 5.74) is 3.93. The second-order valence-corrected chi connectivity index (χ2v) is 4.41. The van der Waals surface area contributed by atoms with E-state index in [4.69, 9.17) is 0 Å². The summed E-state index contributed by atoms with van der Waals surface area (Å²) in [6, 6.07) is 12.1. The van der Waals surface area contributed by atoms with Gasteiger partial charge in [-0.1, -0.05) is 30.3 Å². The topological polar surface area (TPSA) is 33.2 Å². The fourth-order valence-electron chi connectivity index (χ4n) is 1.94. The van der Waals surface area contributed by atoms with Crippen LogP contribution in [0.4, 0.5) is 0 Å². The average molecular weight is 252 g/mol. The quantitative estimate of drug-likeness (QED) is 0.619. The van der Waals surface area contributed by atoms with Gasteiger partial charge in [0.05, 0.1) is 0 Å². The molecule has 0 spiro atoms. The molecule has 0 bridgehead atoms. The van der Waals surface area contributed by atoms with E-state index in [2.05, 4.69) is 4.98 Å². The van der Waals surface area contributed by atoms with E-state index in [9.17, 15) is 4.79 Å². The van der Waals surface area contributed by atoms with Crippen LogP contribution in [-0.4, -0.2) is 30.3 Å². The molecule has 2 aromatic rings. The number of rotatable bonds is 4. The fraction of sp³-hybridized carbons (Fsp3) is 0.125. The minimum atomic E-state index is 0.796. The van der Waals surface area contributed by atoms with E-state index in [0.29, 0.717) is 0 Å². The third-order valence-corrected chi connectivity index (χ3v) is 2.85. The highest BCUT2D eigenvalue weighted by atomic mass is 16.1. The lowest BCUT2D eigenvalue weighted by molar-refractivity contribution is -0.104. The van der Waals surface area contributed by atoms with Crippen LogP contribution in [0.2, 0.25) is 0 Å². The van der Waals surface area contributed by atoms with Crippen molar-refractivity contribution in [1.82, 2.24) is 9.88 Å². The van der Waals surface area contributed by atoms with Crippen LogP contribution >= 0.6 is 0 Å². The minimum absolute atomic E-state index is 0.796. The number of carbonyl (C=O) groups is 1. The van der Waals surface area contributed by atoms with Crippen molar-refractivity contribution in [3.05, 3.63) is 60.4 Å². The van der Waals surface area contributed by atoms with Crippen molar-refractivity contribution in [2.24, 2.45) is 0 Å². The standard InChI is InChI=1S/C16H16N2O/c1-18(2)16(8-9-19)15-10-14(11-17-12-15)13-6-4-3-5-7-13/h3-12H,1-2H3. The van der Waals surface area contributed by atoms with Crippen molar-refractivity contribution in [3.63, 3.8) is 0 Å². The second kappa shape index (κ2) is 5.96. The Morgan fingerprint density at radius 3 is 2.47 bits per heavy atom. The molecule has 0 N–H and O–H groups in total. The summed E-state index contributed by atoms with van der Waals surface area (Å²) in [7, 11) is 3.81. The molecular formula is C16H16N2O. The van der Waals surface area contributed by atoms with E-state index in [1.165, 1.54) is 0 Å². The lowest BCUT2D eigenvalue weighted by Gasteiger charge is -2.17. The molecule has 0 aliphatic carbocycles. The SMILES string of the molecule is CN(C)C(=CC=O)c1cncc(-c2ccccc2)c1. The van der Waals surface area contributed by atoms with Crippen LogP contribution in [0, 0.1) is 0 Å². The molecule has 0 aliphatic heterocycles. The summed E-state index contributed by atoms with van der Waals surface area (Å²) in [5.74, 6) is 0. The maximum atomic E-state index is 10.7. The number of aromatic nitrogens is 1. The van der Waals surface area contributed by atoms with Gasteiger partial charge in [0.15, 0.2) is 0 Å². The number of hydrogen-bond acceptors (Lipinski definition) is 3. The van der Waals surface area contributed by atoms with Crippen molar-refractivity contribution >= 4 is 12.0 Å². The van der Waals surface area contributed by atoms with Gasteiger partial charge in [-0.25, -0.2) is 0 Å². The number of allylic oxidation sites excluding steroid dienone is 1. The van der Waals surface area contributed by atoms with Crippen LogP contribution < -0.4 is 0 Å². The molecule has 0 saturated heterocycles. The molecule has 3 heteroatoms. The molecule has 1 aromatic carbocycles. The predicted molar refractivity (Wildman–Crippen MR) is 77.4 cm³/mol. The van der Waals surface area contributed by atoms with Gasteiger partial charge in [0, 0.05) is 49.4 Å². The molecule has 19 heavy (non-hydrogen) atoms. The van der Waals surface area contributed by atoms with Crippen LogP contribution in [0.5, 0.6) is 0 Å². The van der Waals surface area contributed by atoms with Crippen LogP contribution in [0.1, 0.15) is 5.56 Å². The molecule has 1 heterocycles. The van der Waals surface area contributed by atoms with E-state index >= 15 is 0 Å². The summed E-state index contributed by atoms with van der Waals surface area (Å²) in [4.78, 5) is 16.9. The normalized spacial score (nSPS) is 11.2. The van der Waals surface area contributed by atoms with Crippen LogP contribution in [-0.2, 0) is 4.79 Å². The van der Waals surface area contributed by atoms with E-state index in [1.807, 2.05) is 61.6 Å². The van der Waals surface area contributed by atoms with Gasteiger partial charge in [0.2, 0.25) is 0 Å². The van der Waals surface area contributed by atoms with E-state index in [0.717, 1.165) is 28.7 Å². The van der Waals surface area contributed by atoms with E-state index in [1.54, 1.807) is 12.3 Å². The lowest BCUT2D eigenvalue weighted by Crippen LogP contribution is -2.10. The molecule has 0 unspecified atom stereocenters. The number of nitrogens with zero attached hydrogens (tertiary/aromatic N) is 2. The molecular weight excluding hydrogens is 236 g/mol. The van der Waals surface area contributed by atoms with Gasteiger partial charge >= 0.3 is 0 Å². The Hall–Kier alpha value is -2.42. The maximum absolute atomic E-state index is 10.7. The smallest absolute Gasteiger partial charge is 0.144 e. The van der Waals surface area contributed by atoms with Crippen LogP contribution in [0.15, 0.2) is 54.9 Å². The Morgan fingerprint density at radius 2 is 1.84 bits per heavy atom. The number of pyridine rings is 1. The first-order valence-electron chi connectivity index (χ1n) is 6.06. The Balaban J connectivity index is 2.45. The van der Waals surface area contributed by atoms with Crippen molar-refractivity contribution in [2.45, 2.75) is 0 Å². The molecule has 0 aliphatic rings. The Labute approximate surface area is 113 Å². The number of aldehydes is 1. The summed E-state index contributed by atoms with van der Waals surface area (Å²) in [5, 5.41) is 0. The second-order valence-electron chi connectivity index (χ2n) is 4.41. The van der Waals surface area contributed by atoms with Gasteiger partial charge in [-0.2, -0.15) is 0 Å². The van der Waals surface area contributed by atoms with E-state index in [-0.39, 0.29) is 0 Å². The largest absolute Gasteiger partial charge is 0.377 e. The molecule has 96 valence electrons. The van der Waals surface area contributed by atoms with Gasteiger partial charge < -0.3 is 4.90 Å². The van der Waals surface area contributed by atoms with E-state index < -0.39 is 0 Å². The highest BCUT2D eigenvalue weighted by Gasteiger charge is 2.06. The first-order valence-corrected chi connectivity index (χ1v) is 6.06. The van der Waals surface area contributed by atoms with Crippen LogP contribution in [0.3, 0.4) is 0 Å². The van der Waals surface area contributed by atoms with Gasteiger partial charge in [0.25, 0.3) is 0 Å². The van der Waals surface area contributed by atoms with Gasteiger partial charge in [-0.15, -0.1) is 0 Å². The highest BCUT2D eigenvalue weighted by Crippen LogP contribution is 2.23. The summed E-state index contributed by atoms with van der Waals surface area (Å²) in [6.07, 6.45) is 5.94. The number of carbonyl (C=O) groups excluding carboxylic acids is 1. The third kappa shape index (κ3) is 3.07. The lowest BCUT2D eigenvalue weighted by atomic mass is 10.0. The summed E-state index contributed by atoms with van der Waals surface area (Å²) >= 11 is 0. The maximum Gasteiger partial charge on any atom is 0.144 e. The predicted octanol–water partition coefficient (Wildman–Crippen LogP) is 2.85. The Morgan fingerprint density at radius 1 is 1.11 bits per heavy atom. The Kier molecular flexibility index (Phi) is 4.08. The molecule has 3 nitrogen and oxygen atoms in total. The summed E-state index contributed by atoms with van der Waals surface area (Å²) in [6.45, 7) is 0. The first kappa shape index (κ1) is 13.0. The first-order chi connectivity index (χ1) is 9.22. The highest BCUT2D eigenvalue weighted by molar-refractivity contribution is 5.81. The zero-order valence-corrected chi connectivity index (χ0v) is 11.1. The molecule has 0 atom stereocenters. The minimum Gasteiger partial charge on any atom is -0.377 e. The number of benzene rings is 1. The molecule has 2 rings (SSSR count). The zero-order chi connectivity index (χ0) is 13.7. The van der Waals surface area contributed by atoms with Crippen molar-refractivity contribution < 1.29 is 4.79 Å². The van der Waals surface area contributed by atoms with Gasteiger partial charge in [0.1, 0.15) is 6.29 Å². The molecule has 0 radical (unpaired) electrons. The average Bonchev–Trinajstić information content (AvgIpc) is 2.45. The van der Waals surface area contributed by atoms with Crippen molar-refractivity contribution in [1.29, 1.82) is 0 Å². The third-order valence-electron chi connectivity index (χ3n) is 2.85. The molecule has 0 fully saturated rings. The van der Waals surface area contributed by atoms with Crippen molar-refractivity contribution in [3.8, 4) is 11.1 Å². The fourth-order valence-corrected chi connectivity index (χ4v) is 1.94. The molecule has 0 amide bonds. The van der Waals surface area contributed by atoms with Crippen LogP contribution in [0.25, 0.3) is 16.8 Å². The molecule has 1 aromatic heterocycles. The number of hydrogen-bond donors (Lipinski definition) is 0. The van der Waals surface area contributed by atoms with Gasteiger partial charge in [-0.3, -0.25) is 9.78 Å². The van der Waals surface area contributed by atoms with Gasteiger partial charge in [-0.05, 0) is 11.6 Å². The zero-order valence-electron chi connectivity index (χ0n) is 11.1. The van der Waals surface area contributed by atoms with Crippen molar-refractivity contribution in [2.75, 3.05) is 14.1 Å². The molecule has 0 saturated carbocycles. The monoisotopic (exact) mass is 252 g/mol. The summed E-state index contributed by atoms with van der Waals surface area (Å²) < 4.78 is 0.